The number of nitrogens with one attached hydrogen (secondary N) is 1. The summed E-state index contributed by atoms with van der Waals surface area (Å²) in [5.41, 5.74) is 0. The van der Waals surface area contributed by atoms with Crippen LogP contribution in [0, 0.1) is 0 Å². The molecule has 0 unspecified atom stereocenters. The Bertz CT molecular complexity index is 211. The van der Waals surface area contributed by atoms with Crippen LogP contribution in [0.25, 0.3) is 0 Å². The van der Waals surface area contributed by atoms with Gasteiger partial charge in [0.05, 0.1) is 6.42 Å². The molecule has 0 saturated carbocycles. The second-order valence-electron chi connectivity index (χ2n) is 3.16. The van der Waals surface area contributed by atoms with E-state index in [1.54, 1.807) is 0 Å². The van der Waals surface area contributed by atoms with Crippen LogP contribution in [-0.2, 0) is 14.3 Å². The molecule has 0 aliphatic rings. The number of hydrogen-bond acceptors (Lipinski definition) is 4. The largest absolute Gasteiger partial charge is 0.481 e. The van der Waals surface area contributed by atoms with E-state index >= 15 is 0 Å². The maximum atomic E-state index is 11.1. The van der Waals surface area contributed by atoms with Crippen molar-refractivity contribution in [2.45, 2.75) is 19.8 Å². The van der Waals surface area contributed by atoms with Crippen molar-refractivity contribution in [1.29, 1.82) is 0 Å². The molecule has 94 valence electrons. The lowest BCUT2D eigenvalue weighted by Gasteiger charge is -2.05. The number of aliphatic carboxylic acids is 1. The van der Waals surface area contributed by atoms with Crippen molar-refractivity contribution in [3.63, 3.8) is 0 Å². The molecule has 0 aromatic carbocycles. The first kappa shape index (κ1) is 15.2. The van der Waals surface area contributed by atoms with Crippen molar-refractivity contribution < 1.29 is 19.4 Å². The highest BCUT2D eigenvalue weighted by Crippen LogP contribution is 2.00. The van der Waals surface area contributed by atoms with E-state index in [9.17, 15) is 9.59 Å². The fourth-order valence-corrected chi connectivity index (χ4v) is 1.65. The summed E-state index contributed by atoms with van der Waals surface area (Å²) in [6.07, 6.45) is 1.07. The number of carbonyl (C=O) groups excluding carboxylic acids is 1. The monoisotopic (exact) mass is 249 g/mol. The van der Waals surface area contributed by atoms with Crippen LogP contribution in [0.3, 0.4) is 0 Å². The summed E-state index contributed by atoms with van der Waals surface area (Å²) >= 11 is 1.52. The maximum Gasteiger partial charge on any atom is 0.304 e. The number of rotatable bonds is 10. The lowest BCUT2D eigenvalue weighted by atomic mass is 10.5. The average Bonchev–Trinajstić information content (AvgIpc) is 2.23. The van der Waals surface area contributed by atoms with Crippen molar-refractivity contribution in [2.24, 2.45) is 0 Å². The van der Waals surface area contributed by atoms with E-state index in [2.05, 4.69) is 5.32 Å². The van der Waals surface area contributed by atoms with Gasteiger partial charge in [-0.3, -0.25) is 9.59 Å². The fraction of sp³-hybridized carbons (Fsp3) is 0.800. The highest BCUT2D eigenvalue weighted by molar-refractivity contribution is 7.99. The van der Waals surface area contributed by atoms with Crippen LogP contribution >= 0.6 is 11.8 Å². The predicted octanol–water partition coefficient (Wildman–Crippen LogP) is 0.737. The van der Waals surface area contributed by atoms with Crippen LogP contribution in [0.15, 0.2) is 0 Å². The van der Waals surface area contributed by atoms with Gasteiger partial charge in [0.2, 0.25) is 5.91 Å². The summed E-state index contributed by atoms with van der Waals surface area (Å²) in [5.74, 6) is 0.404. The number of carboxylic acids is 1. The van der Waals surface area contributed by atoms with E-state index in [1.165, 1.54) is 11.8 Å². The van der Waals surface area contributed by atoms with E-state index in [4.69, 9.17) is 9.84 Å². The Morgan fingerprint density at radius 2 is 2.12 bits per heavy atom. The molecule has 0 rings (SSSR count). The molecule has 0 radical (unpaired) electrons. The highest BCUT2D eigenvalue weighted by Gasteiger charge is 2.00. The summed E-state index contributed by atoms with van der Waals surface area (Å²) < 4.78 is 5.06. The molecule has 0 heterocycles. The molecule has 6 heteroatoms. The Labute approximate surface area is 99.9 Å². The molecule has 0 aromatic heterocycles. The molecule has 5 nitrogen and oxygen atoms in total. The summed E-state index contributed by atoms with van der Waals surface area (Å²) in [5, 5.41) is 11.1. The van der Waals surface area contributed by atoms with E-state index in [-0.39, 0.29) is 18.9 Å². The summed E-state index contributed by atoms with van der Waals surface area (Å²) in [7, 11) is 0. The van der Waals surface area contributed by atoms with Crippen molar-refractivity contribution >= 4 is 23.6 Å². The van der Waals surface area contributed by atoms with Crippen molar-refractivity contribution in [1.82, 2.24) is 5.32 Å². The van der Waals surface area contributed by atoms with Crippen LogP contribution in [0.4, 0.5) is 0 Å². The highest BCUT2D eigenvalue weighted by atomic mass is 32.2. The van der Waals surface area contributed by atoms with Gasteiger partial charge < -0.3 is 15.2 Å². The Kier molecular flexibility index (Phi) is 10.3. The maximum absolute atomic E-state index is 11.1. The first-order chi connectivity index (χ1) is 7.66. The predicted molar refractivity (Wildman–Crippen MR) is 63.7 cm³/mol. The van der Waals surface area contributed by atoms with E-state index in [0.717, 1.165) is 12.2 Å². The summed E-state index contributed by atoms with van der Waals surface area (Å²) in [6, 6.07) is 0. The molecule has 0 atom stereocenters. The first-order valence-corrected chi connectivity index (χ1v) is 6.46. The summed E-state index contributed by atoms with van der Waals surface area (Å²) in [4.78, 5) is 21.3. The lowest BCUT2D eigenvalue weighted by molar-refractivity contribution is -0.136. The second kappa shape index (κ2) is 10.8. The van der Waals surface area contributed by atoms with Crippen LogP contribution in [-0.4, -0.2) is 48.2 Å². The van der Waals surface area contributed by atoms with Gasteiger partial charge in [-0.1, -0.05) is 6.92 Å². The minimum Gasteiger partial charge on any atom is -0.481 e. The number of thioether (sulfide) groups is 1. The molecule has 0 saturated heterocycles. The third-order valence-electron chi connectivity index (χ3n) is 1.61. The third-order valence-corrected chi connectivity index (χ3v) is 2.60. The van der Waals surface area contributed by atoms with Crippen LogP contribution < -0.4 is 5.32 Å². The number of ether oxygens (including phenoxy) is 1. The molecule has 16 heavy (non-hydrogen) atoms. The topological polar surface area (TPSA) is 75.6 Å². The number of amides is 1. The average molecular weight is 249 g/mol. The SMILES string of the molecule is CCCOCC(=O)NCCSCCC(=O)O. The normalized spacial score (nSPS) is 10.1. The van der Waals surface area contributed by atoms with Gasteiger partial charge in [0.1, 0.15) is 6.61 Å². The fourth-order valence-electron chi connectivity index (χ4n) is 0.884. The van der Waals surface area contributed by atoms with E-state index in [0.29, 0.717) is 18.9 Å². The molecule has 0 aliphatic heterocycles. The Hall–Kier alpha value is -0.750. The minimum absolute atomic E-state index is 0.105. The van der Waals surface area contributed by atoms with Crippen molar-refractivity contribution in [3.8, 4) is 0 Å². The van der Waals surface area contributed by atoms with Crippen molar-refractivity contribution in [2.75, 3.05) is 31.3 Å². The zero-order valence-electron chi connectivity index (χ0n) is 9.53. The molecular weight excluding hydrogens is 230 g/mol. The Balaban J connectivity index is 3.18. The van der Waals surface area contributed by atoms with Gasteiger partial charge in [0, 0.05) is 24.7 Å². The van der Waals surface area contributed by atoms with Gasteiger partial charge >= 0.3 is 5.97 Å². The molecule has 2 N–H and O–H groups in total. The standard InChI is InChI=1S/C10H19NO4S/c1-2-5-15-8-9(12)11-4-7-16-6-3-10(13)14/h2-8H2,1H3,(H,11,12)(H,13,14). The van der Waals surface area contributed by atoms with Crippen LogP contribution in [0.2, 0.25) is 0 Å². The van der Waals surface area contributed by atoms with Gasteiger partial charge in [-0.05, 0) is 6.42 Å². The minimum atomic E-state index is -0.787. The Morgan fingerprint density at radius 1 is 1.38 bits per heavy atom. The quantitative estimate of drug-likeness (QED) is 0.558. The van der Waals surface area contributed by atoms with Gasteiger partial charge in [0.15, 0.2) is 0 Å². The zero-order chi connectivity index (χ0) is 12.2. The van der Waals surface area contributed by atoms with Crippen LogP contribution in [0.1, 0.15) is 19.8 Å². The van der Waals surface area contributed by atoms with Gasteiger partial charge in [0.25, 0.3) is 0 Å². The van der Waals surface area contributed by atoms with E-state index in [1.807, 2.05) is 6.92 Å². The Morgan fingerprint density at radius 3 is 2.75 bits per heavy atom. The zero-order valence-corrected chi connectivity index (χ0v) is 10.3. The molecule has 0 bridgehead atoms. The smallest absolute Gasteiger partial charge is 0.304 e. The van der Waals surface area contributed by atoms with Gasteiger partial charge in [-0.15, -0.1) is 0 Å². The number of carbonyl (C=O) groups is 2. The molecular formula is C10H19NO4S. The first-order valence-electron chi connectivity index (χ1n) is 5.30. The third kappa shape index (κ3) is 11.3. The van der Waals surface area contributed by atoms with Gasteiger partial charge in [-0.2, -0.15) is 11.8 Å². The summed E-state index contributed by atoms with van der Waals surface area (Å²) in [6.45, 7) is 3.24. The molecule has 0 aliphatic carbocycles. The van der Waals surface area contributed by atoms with E-state index < -0.39 is 5.97 Å². The van der Waals surface area contributed by atoms with Crippen molar-refractivity contribution in [3.05, 3.63) is 0 Å². The molecule has 1 amide bonds. The lowest BCUT2D eigenvalue weighted by Crippen LogP contribution is -2.29. The molecule has 0 spiro atoms. The molecule has 0 fully saturated rings. The van der Waals surface area contributed by atoms with Crippen LogP contribution in [0.5, 0.6) is 0 Å². The number of carboxylic acid groups (broad SMARTS) is 1. The van der Waals surface area contributed by atoms with Gasteiger partial charge in [-0.25, -0.2) is 0 Å². The second-order valence-corrected chi connectivity index (χ2v) is 4.38. The molecule has 0 aromatic rings. The number of hydrogen-bond donors (Lipinski definition) is 2.